The maximum atomic E-state index is 6.63. The van der Waals surface area contributed by atoms with Gasteiger partial charge in [-0.1, -0.05) is 30.9 Å². The molecule has 2 aromatic heterocycles. The summed E-state index contributed by atoms with van der Waals surface area (Å²) in [6, 6.07) is 5.70. The Hall–Kier alpha value is -2.75. The van der Waals surface area contributed by atoms with Gasteiger partial charge in [0.25, 0.3) is 0 Å². The molecule has 3 heterocycles. The second-order valence-corrected chi connectivity index (χ2v) is 8.00. The summed E-state index contributed by atoms with van der Waals surface area (Å²) in [7, 11) is 1.63. The molecule has 0 fully saturated rings. The monoisotopic (exact) mass is 438 g/mol. The smallest absolute Gasteiger partial charge is 0.165 e. The van der Waals surface area contributed by atoms with Crippen molar-refractivity contribution in [2.45, 2.75) is 46.8 Å². The fourth-order valence-corrected chi connectivity index (χ4v) is 4.25. The van der Waals surface area contributed by atoms with Crippen molar-refractivity contribution in [3.05, 3.63) is 40.2 Å². The van der Waals surface area contributed by atoms with Gasteiger partial charge in [0, 0.05) is 17.7 Å². The second kappa shape index (κ2) is 9.17. The van der Waals surface area contributed by atoms with Gasteiger partial charge in [-0.3, -0.25) is 0 Å². The van der Waals surface area contributed by atoms with Crippen LogP contribution >= 0.6 is 11.6 Å². The molecular weight excluding hydrogens is 412 g/mol. The largest absolute Gasteiger partial charge is 0.497 e. The van der Waals surface area contributed by atoms with Crippen molar-refractivity contribution in [3.8, 4) is 28.7 Å². The van der Waals surface area contributed by atoms with Crippen LogP contribution in [-0.2, 0) is 18.0 Å². The average Bonchev–Trinajstić information content (AvgIpc) is 3.36. The van der Waals surface area contributed by atoms with Crippen LogP contribution in [0.4, 0.5) is 5.82 Å². The predicted octanol–water partition coefficient (Wildman–Crippen LogP) is 5.03. The number of halogens is 1. The number of aromatic nitrogens is 3. The molecule has 0 atom stereocenters. The highest BCUT2D eigenvalue weighted by Crippen LogP contribution is 2.38. The van der Waals surface area contributed by atoms with Crippen molar-refractivity contribution < 1.29 is 9.47 Å². The van der Waals surface area contributed by atoms with Gasteiger partial charge in [-0.05, 0) is 38.5 Å². The van der Waals surface area contributed by atoms with Crippen molar-refractivity contribution >= 4 is 23.1 Å². The molecule has 0 spiro atoms. The topological polar surface area (TPSA) is 51.9 Å². The molecule has 0 unspecified atom stereocenters. The number of rotatable bonds is 7. The van der Waals surface area contributed by atoms with Crippen LogP contribution < -0.4 is 9.64 Å². The van der Waals surface area contributed by atoms with Crippen molar-refractivity contribution in [1.29, 1.82) is 0 Å². The lowest BCUT2D eigenvalue weighted by Crippen LogP contribution is -2.29. The van der Waals surface area contributed by atoms with Crippen molar-refractivity contribution in [1.82, 2.24) is 14.6 Å². The number of hydrogen-bond acceptors (Lipinski definition) is 5. The van der Waals surface area contributed by atoms with Crippen LogP contribution in [0.5, 0.6) is 5.75 Å². The normalized spacial score (nSPS) is 12.5. The Labute approximate surface area is 188 Å². The molecule has 31 heavy (non-hydrogen) atoms. The van der Waals surface area contributed by atoms with Gasteiger partial charge in [-0.2, -0.15) is 9.61 Å². The van der Waals surface area contributed by atoms with Gasteiger partial charge in [0.05, 0.1) is 48.8 Å². The zero-order chi connectivity index (χ0) is 22.0. The molecule has 0 radical (unpaired) electrons. The van der Waals surface area contributed by atoms with E-state index in [4.69, 9.17) is 31.2 Å². The van der Waals surface area contributed by atoms with E-state index >= 15 is 0 Å². The first-order valence-electron chi connectivity index (χ1n) is 10.6. The molecule has 0 N–H and O–H groups in total. The van der Waals surface area contributed by atoms with Crippen LogP contribution in [-0.4, -0.2) is 34.8 Å². The van der Waals surface area contributed by atoms with E-state index in [0.717, 1.165) is 64.7 Å². The van der Waals surface area contributed by atoms with Crippen LogP contribution in [0.1, 0.15) is 43.6 Å². The Morgan fingerprint density at radius 2 is 2.16 bits per heavy atom. The van der Waals surface area contributed by atoms with E-state index in [1.54, 1.807) is 7.11 Å². The van der Waals surface area contributed by atoms with E-state index in [2.05, 4.69) is 23.7 Å². The highest BCUT2D eigenvalue weighted by atomic mass is 35.5. The maximum absolute atomic E-state index is 6.63. The summed E-state index contributed by atoms with van der Waals surface area (Å²) in [6.07, 6.45) is 2.18. The molecule has 0 amide bonds. The molecule has 162 valence electrons. The molecule has 1 aliphatic heterocycles. The minimum atomic E-state index is 0.500. The molecule has 0 aliphatic carbocycles. The van der Waals surface area contributed by atoms with Crippen LogP contribution in [0.2, 0.25) is 5.02 Å². The van der Waals surface area contributed by atoms with E-state index in [1.165, 1.54) is 0 Å². The van der Waals surface area contributed by atoms with E-state index in [-0.39, 0.29) is 0 Å². The summed E-state index contributed by atoms with van der Waals surface area (Å²) in [6.45, 7) is 8.63. The Kier molecular flexibility index (Phi) is 6.35. The van der Waals surface area contributed by atoms with Gasteiger partial charge in [0.1, 0.15) is 11.6 Å². The van der Waals surface area contributed by atoms with Crippen LogP contribution in [0, 0.1) is 18.8 Å². The molecular formula is C24H27ClN4O2. The third-order valence-electron chi connectivity index (χ3n) is 5.55. The first-order valence-corrected chi connectivity index (χ1v) is 10.9. The average molecular weight is 439 g/mol. The number of methoxy groups -OCH3 is 1. The number of aryl methyl sites for hydroxylation is 1. The number of hydrogen-bond donors (Lipinski definition) is 0. The molecule has 0 saturated carbocycles. The zero-order valence-electron chi connectivity index (χ0n) is 18.5. The summed E-state index contributed by atoms with van der Waals surface area (Å²) in [5.74, 6) is 7.99. The highest BCUT2D eigenvalue weighted by molar-refractivity contribution is 6.33. The number of unbranched alkanes of at least 4 members (excludes halogenated alkanes) is 1. The molecule has 3 aromatic rings. The summed E-state index contributed by atoms with van der Waals surface area (Å²) in [5.41, 5.74) is 5.54. The first kappa shape index (κ1) is 21.5. The van der Waals surface area contributed by atoms with Crippen LogP contribution in [0.25, 0.3) is 16.8 Å². The van der Waals surface area contributed by atoms with Crippen molar-refractivity contribution in [2.24, 2.45) is 0 Å². The SMILES string of the molecule is CC#CCN(CCCC)c1c2c(nc3c(-c4ccc(OC)cc4Cl)c(C)nn13)COC2. The van der Waals surface area contributed by atoms with Crippen molar-refractivity contribution in [3.63, 3.8) is 0 Å². The highest BCUT2D eigenvalue weighted by Gasteiger charge is 2.28. The number of fused-ring (bicyclic) bond motifs is 2. The number of nitrogens with zero attached hydrogens (tertiary/aromatic N) is 4. The Morgan fingerprint density at radius 3 is 2.87 bits per heavy atom. The van der Waals surface area contributed by atoms with E-state index in [1.807, 2.05) is 36.6 Å². The molecule has 0 bridgehead atoms. The molecule has 4 rings (SSSR count). The summed E-state index contributed by atoms with van der Waals surface area (Å²) < 4.78 is 13.0. The zero-order valence-corrected chi connectivity index (χ0v) is 19.2. The van der Waals surface area contributed by atoms with Gasteiger partial charge in [0.15, 0.2) is 5.65 Å². The second-order valence-electron chi connectivity index (χ2n) is 7.60. The third kappa shape index (κ3) is 3.96. The summed E-state index contributed by atoms with van der Waals surface area (Å²) in [5, 5.41) is 5.52. The Balaban J connectivity index is 1.95. The number of ether oxygens (including phenoxy) is 2. The minimum absolute atomic E-state index is 0.500. The van der Waals surface area contributed by atoms with Crippen LogP contribution in [0.3, 0.4) is 0 Å². The van der Waals surface area contributed by atoms with Gasteiger partial charge in [0.2, 0.25) is 0 Å². The molecule has 1 aromatic carbocycles. The summed E-state index contributed by atoms with van der Waals surface area (Å²) >= 11 is 6.63. The standard InChI is InChI=1S/C24H27ClN4O2/c1-5-7-11-28(12-8-6-2)24-19-14-31-15-21(19)26-23-22(16(3)27-29(23)24)18-10-9-17(30-4)13-20(18)25/h9-10,13H,5,7,11-12,14-15H2,1-4H3. The Morgan fingerprint density at radius 1 is 1.32 bits per heavy atom. The third-order valence-corrected chi connectivity index (χ3v) is 5.87. The Bertz CT molecular complexity index is 1180. The lowest BCUT2D eigenvalue weighted by molar-refractivity contribution is 0.133. The lowest BCUT2D eigenvalue weighted by atomic mass is 10.1. The summed E-state index contributed by atoms with van der Waals surface area (Å²) in [4.78, 5) is 7.26. The molecule has 6 nitrogen and oxygen atoms in total. The predicted molar refractivity (Wildman–Crippen MR) is 124 cm³/mol. The van der Waals surface area contributed by atoms with E-state index in [9.17, 15) is 0 Å². The first-order chi connectivity index (χ1) is 15.1. The van der Waals surface area contributed by atoms with Gasteiger partial charge >= 0.3 is 0 Å². The van der Waals surface area contributed by atoms with Gasteiger partial charge in [-0.25, -0.2) is 4.98 Å². The number of anilines is 1. The van der Waals surface area contributed by atoms with E-state index in [0.29, 0.717) is 24.8 Å². The minimum Gasteiger partial charge on any atom is -0.497 e. The quantitative estimate of drug-likeness (QED) is 0.484. The van der Waals surface area contributed by atoms with E-state index < -0.39 is 0 Å². The fourth-order valence-electron chi connectivity index (χ4n) is 3.98. The molecule has 7 heteroatoms. The molecule has 1 aliphatic rings. The lowest BCUT2D eigenvalue weighted by Gasteiger charge is -2.25. The van der Waals surface area contributed by atoms with Gasteiger partial charge in [-0.15, -0.1) is 5.92 Å². The van der Waals surface area contributed by atoms with Gasteiger partial charge < -0.3 is 14.4 Å². The maximum Gasteiger partial charge on any atom is 0.165 e. The van der Waals surface area contributed by atoms with Crippen LogP contribution in [0.15, 0.2) is 18.2 Å². The van der Waals surface area contributed by atoms with Crippen molar-refractivity contribution in [2.75, 3.05) is 25.1 Å². The fraction of sp³-hybridized carbons (Fsp3) is 0.417. The molecule has 0 saturated heterocycles. The number of benzene rings is 1.